The molecule has 0 aromatic heterocycles. The minimum atomic E-state index is 0.363. The molecule has 0 fully saturated rings. The van der Waals surface area contributed by atoms with E-state index in [9.17, 15) is 0 Å². The molecule has 1 unspecified atom stereocenters. The molecule has 0 N–H and O–H groups in total. The fourth-order valence-corrected chi connectivity index (χ4v) is 1.96. The monoisotopic (exact) mass is 340 g/mol. The van der Waals surface area contributed by atoms with Gasteiger partial charge in [-0.1, -0.05) is 38.8 Å². The summed E-state index contributed by atoms with van der Waals surface area (Å²) in [6, 6.07) is 0. The second-order valence-corrected chi connectivity index (χ2v) is 4.91. The second-order valence-electron chi connectivity index (χ2n) is 2.17. The van der Waals surface area contributed by atoms with E-state index in [0.29, 0.717) is 5.38 Å². The molecule has 0 spiro atoms. The molecule has 0 heterocycles. The third kappa shape index (κ3) is 17.6. The Kier molecular flexibility index (Phi) is 20.0. The van der Waals surface area contributed by atoms with Crippen molar-refractivity contribution in [2.24, 2.45) is 0 Å². The summed E-state index contributed by atoms with van der Waals surface area (Å²) in [7, 11) is 0. The minimum absolute atomic E-state index is 0.363. The van der Waals surface area contributed by atoms with Crippen molar-refractivity contribution >= 4 is 55.1 Å². The van der Waals surface area contributed by atoms with Crippen LogP contribution in [0.4, 0.5) is 0 Å². The van der Waals surface area contributed by atoms with Gasteiger partial charge in [0, 0.05) is 21.9 Å². The predicted octanol–water partition coefficient (Wildman–Crippen LogP) is 4.80. The van der Waals surface area contributed by atoms with Crippen LogP contribution in [0, 0.1) is 0 Å². The zero-order chi connectivity index (χ0) is 9.82. The van der Waals surface area contributed by atoms with Crippen molar-refractivity contribution < 1.29 is 0 Å². The zero-order valence-corrected chi connectivity index (χ0v) is 12.0. The average Bonchev–Trinajstić information content (AvgIpc) is 2.03. The Morgan fingerprint density at radius 3 is 2.00 bits per heavy atom. The number of hydrogen-bond donors (Lipinski definition) is 0. The first-order valence-corrected chi connectivity index (χ1v) is 7.26. The molecule has 0 bridgehead atoms. The van der Waals surface area contributed by atoms with Gasteiger partial charge in [-0.25, -0.2) is 0 Å². The molecule has 0 nitrogen and oxygen atoms in total. The summed E-state index contributed by atoms with van der Waals surface area (Å²) >= 11 is 17.6. The lowest BCUT2D eigenvalue weighted by atomic mass is 10.2. The predicted molar refractivity (Wildman–Crippen MR) is 67.5 cm³/mol. The Morgan fingerprint density at radius 2 is 1.67 bits per heavy atom. The van der Waals surface area contributed by atoms with E-state index in [4.69, 9.17) is 23.2 Å². The van der Waals surface area contributed by atoms with Crippen molar-refractivity contribution in [2.75, 3.05) is 16.5 Å². The Labute approximate surface area is 103 Å². The van der Waals surface area contributed by atoms with Crippen molar-refractivity contribution in [3.05, 3.63) is 0 Å². The number of alkyl halides is 4. The second kappa shape index (κ2) is 15.0. The standard InChI is InChI=1S/C6H11Br2Cl.C2H5Cl/c7-4-1-2-6(9)3-5-8;1-2-3/h6H,1-5H2;2H2,1H3. The lowest BCUT2D eigenvalue weighted by molar-refractivity contribution is 0.724. The highest BCUT2D eigenvalue weighted by molar-refractivity contribution is 9.09. The highest BCUT2D eigenvalue weighted by Gasteiger charge is 2.00. The summed E-state index contributed by atoms with van der Waals surface area (Å²) in [6.45, 7) is 1.89. The van der Waals surface area contributed by atoms with E-state index in [0.717, 1.165) is 29.4 Å². The molecule has 76 valence electrons. The third-order valence-electron chi connectivity index (χ3n) is 1.07. The van der Waals surface area contributed by atoms with Crippen molar-refractivity contribution in [1.82, 2.24) is 0 Å². The summed E-state index contributed by atoms with van der Waals surface area (Å²) in [5, 5.41) is 2.45. The zero-order valence-electron chi connectivity index (χ0n) is 7.33. The molecule has 0 amide bonds. The number of rotatable bonds is 5. The molecule has 0 rings (SSSR count). The van der Waals surface area contributed by atoms with Gasteiger partial charge in [0.15, 0.2) is 0 Å². The Bertz CT molecular complexity index is 72.1. The van der Waals surface area contributed by atoms with Gasteiger partial charge in [-0.05, 0) is 19.3 Å². The topological polar surface area (TPSA) is 0 Å². The van der Waals surface area contributed by atoms with E-state index in [1.165, 1.54) is 6.42 Å². The van der Waals surface area contributed by atoms with Crippen LogP contribution in [0.3, 0.4) is 0 Å². The van der Waals surface area contributed by atoms with Crippen LogP contribution in [-0.4, -0.2) is 21.9 Å². The summed E-state index contributed by atoms with van der Waals surface area (Å²) in [6.07, 6.45) is 3.38. The largest absolute Gasteiger partial charge is 0.127 e. The molecule has 0 aliphatic carbocycles. The minimum Gasteiger partial charge on any atom is -0.127 e. The van der Waals surface area contributed by atoms with Crippen molar-refractivity contribution in [3.8, 4) is 0 Å². The van der Waals surface area contributed by atoms with Gasteiger partial charge >= 0.3 is 0 Å². The maximum Gasteiger partial charge on any atom is 0.0344 e. The van der Waals surface area contributed by atoms with Crippen molar-refractivity contribution in [2.45, 2.75) is 31.6 Å². The van der Waals surface area contributed by atoms with Crippen LogP contribution in [0.15, 0.2) is 0 Å². The number of halogens is 4. The maximum absolute atomic E-state index is 5.91. The van der Waals surface area contributed by atoms with Crippen molar-refractivity contribution in [3.63, 3.8) is 0 Å². The molecule has 0 saturated carbocycles. The van der Waals surface area contributed by atoms with E-state index in [2.05, 4.69) is 31.9 Å². The quantitative estimate of drug-likeness (QED) is 0.629. The van der Waals surface area contributed by atoms with Gasteiger partial charge in [-0.2, -0.15) is 0 Å². The van der Waals surface area contributed by atoms with Gasteiger partial charge in [0.25, 0.3) is 0 Å². The highest BCUT2D eigenvalue weighted by Crippen LogP contribution is 2.11. The molecule has 0 aliphatic rings. The van der Waals surface area contributed by atoms with Crippen LogP contribution in [-0.2, 0) is 0 Å². The average molecular weight is 343 g/mol. The molecule has 0 aromatic carbocycles. The molecular formula is C8H16Br2Cl2. The van der Waals surface area contributed by atoms with Crippen LogP contribution in [0.5, 0.6) is 0 Å². The summed E-state index contributed by atoms with van der Waals surface area (Å²) in [4.78, 5) is 0. The fraction of sp³-hybridized carbons (Fsp3) is 1.00. The fourth-order valence-electron chi connectivity index (χ4n) is 0.561. The lowest BCUT2D eigenvalue weighted by Crippen LogP contribution is -1.98. The molecule has 0 aromatic rings. The molecule has 1 atom stereocenters. The SMILES string of the molecule is CCCl.ClC(CCBr)CCCBr. The van der Waals surface area contributed by atoms with E-state index in [1.807, 2.05) is 6.92 Å². The van der Waals surface area contributed by atoms with Gasteiger partial charge in [0.05, 0.1) is 0 Å². The Morgan fingerprint density at radius 1 is 1.17 bits per heavy atom. The Hall–Kier alpha value is 1.54. The van der Waals surface area contributed by atoms with Crippen LogP contribution in [0.2, 0.25) is 0 Å². The van der Waals surface area contributed by atoms with Gasteiger partial charge in [-0.3, -0.25) is 0 Å². The first-order chi connectivity index (χ1) is 5.72. The highest BCUT2D eigenvalue weighted by atomic mass is 79.9. The molecule has 0 aliphatic heterocycles. The maximum atomic E-state index is 5.91. The van der Waals surface area contributed by atoms with Gasteiger partial charge in [0.2, 0.25) is 0 Å². The molecule has 4 heteroatoms. The van der Waals surface area contributed by atoms with E-state index in [-0.39, 0.29) is 0 Å². The van der Waals surface area contributed by atoms with E-state index >= 15 is 0 Å². The van der Waals surface area contributed by atoms with Crippen LogP contribution >= 0.6 is 55.1 Å². The van der Waals surface area contributed by atoms with Crippen molar-refractivity contribution in [1.29, 1.82) is 0 Å². The summed E-state index contributed by atoms with van der Waals surface area (Å²) in [5.74, 6) is 0.722. The van der Waals surface area contributed by atoms with Crippen LogP contribution in [0.1, 0.15) is 26.2 Å². The van der Waals surface area contributed by atoms with Crippen LogP contribution < -0.4 is 0 Å². The molecular weight excluding hydrogens is 327 g/mol. The smallest absolute Gasteiger partial charge is 0.0344 e. The molecule has 0 radical (unpaired) electrons. The van der Waals surface area contributed by atoms with E-state index in [1.54, 1.807) is 0 Å². The van der Waals surface area contributed by atoms with Gasteiger partial charge < -0.3 is 0 Å². The molecule has 12 heavy (non-hydrogen) atoms. The van der Waals surface area contributed by atoms with Gasteiger partial charge in [0.1, 0.15) is 0 Å². The van der Waals surface area contributed by atoms with Gasteiger partial charge in [-0.15, -0.1) is 23.2 Å². The van der Waals surface area contributed by atoms with Crippen LogP contribution in [0.25, 0.3) is 0 Å². The molecule has 0 saturated heterocycles. The third-order valence-corrected chi connectivity index (χ3v) is 2.53. The normalized spacial score (nSPS) is 11.8. The van der Waals surface area contributed by atoms with E-state index < -0.39 is 0 Å². The lowest BCUT2D eigenvalue weighted by Gasteiger charge is -2.03. The number of hydrogen-bond acceptors (Lipinski definition) is 0. The Balaban J connectivity index is 0. The first kappa shape index (κ1) is 16.0. The summed E-state index contributed by atoms with van der Waals surface area (Å²) in [5.41, 5.74) is 0. The summed E-state index contributed by atoms with van der Waals surface area (Å²) < 4.78 is 0. The first-order valence-electron chi connectivity index (χ1n) is 4.04.